The molecule has 2 heterocycles. The van der Waals surface area contributed by atoms with E-state index in [1.807, 2.05) is 37.3 Å². The van der Waals surface area contributed by atoms with Crippen LogP contribution >= 0.6 is 0 Å². The molecule has 0 fully saturated rings. The first-order valence-electron chi connectivity index (χ1n) is 9.67. The van der Waals surface area contributed by atoms with Crippen molar-refractivity contribution in [1.82, 2.24) is 25.0 Å². The summed E-state index contributed by atoms with van der Waals surface area (Å²) < 4.78 is 15.5. The van der Waals surface area contributed by atoms with Crippen LogP contribution in [0, 0.1) is 18.7 Å². The van der Waals surface area contributed by atoms with Gasteiger partial charge in [0.05, 0.1) is 6.54 Å². The molecule has 0 bridgehead atoms. The molecule has 148 valence electrons. The van der Waals surface area contributed by atoms with Crippen LogP contribution in [0.1, 0.15) is 30.8 Å². The second-order valence-corrected chi connectivity index (χ2v) is 7.58. The van der Waals surface area contributed by atoms with Crippen molar-refractivity contribution >= 4 is 22.7 Å². The zero-order valence-corrected chi connectivity index (χ0v) is 16.7. The van der Waals surface area contributed by atoms with Crippen LogP contribution in [-0.4, -0.2) is 25.0 Å². The normalized spacial score (nSPS) is 11.3. The highest BCUT2D eigenvalue weighted by molar-refractivity contribution is 5.85. The maximum atomic E-state index is 13.8. The van der Waals surface area contributed by atoms with Crippen LogP contribution in [0.2, 0.25) is 0 Å². The molecular weight excluding hydrogens is 367 g/mol. The molecule has 0 radical (unpaired) electrons. The summed E-state index contributed by atoms with van der Waals surface area (Å²) in [5.41, 5.74) is 3.91. The van der Waals surface area contributed by atoms with Crippen molar-refractivity contribution in [2.75, 3.05) is 5.32 Å². The highest BCUT2D eigenvalue weighted by Gasteiger charge is 2.17. The van der Waals surface area contributed by atoms with E-state index in [0.29, 0.717) is 41.0 Å². The monoisotopic (exact) mass is 390 g/mol. The van der Waals surface area contributed by atoms with Crippen LogP contribution in [0.3, 0.4) is 0 Å². The predicted octanol–water partition coefficient (Wildman–Crippen LogP) is 4.66. The molecule has 0 aliphatic carbocycles. The molecule has 4 aromatic rings. The number of halogens is 1. The number of anilines is 2. The Bertz CT molecular complexity index is 1140. The molecule has 0 unspecified atom stereocenters. The van der Waals surface area contributed by atoms with Gasteiger partial charge in [-0.05, 0) is 36.1 Å². The average Bonchev–Trinajstić information content (AvgIpc) is 3.08. The maximum Gasteiger partial charge on any atom is 0.184 e. The molecule has 0 aliphatic rings. The molecule has 0 aliphatic heterocycles. The third-order valence-corrected chi connectivity index (χ3v) is 4.63. The SMILES string of the molecule is Cc1ccc(F)cc1Nc1nc(CC(C)C)nc2c1nnn2Cc1ccccc1. The molecule has 2 aromatic heterocycles. The van der Waals surface area contributed by atoms with Crippen molar-refractivity contribution in [3.8, 4) is 0 Å². The van der Waals surface area contributed by atoms with Crippen LogP contribution in [0.15, 0.2) is 48.5 Å². The quantitative estimate of drug-likeness (QED) is 0.519. The third kappa shape index (κ3) is 4.23. The van der Waals surface area contributed by atoms with Gasteiger partial charge in [-0.15, -0.1) is 5.10 Å². The molecule has 0 saturated heterocycles. The number of aromatic nitrogens is 5. The van der Waals surface area contributed by atoms with Gasteiger partial charge in [-0.2, -0.15) is 0 Å². The van der Waals surface area contributed by atoms with E-state index in [0.717, 1.165) is 17.5 Å². The van der Waals surface area contributed by atoms with Crippen molar-refractivity contribution in [2.24, 2.45) is 5.92 Å². The number of aryl methyl sites for hydroxylation is 1. The zero-order valence-electron chi connectivity index (χ0n) is 16.7. The fraction of sp³-hybridized carbons (Fsp3) is 0.273. The Morgan fingerprint density at radius 3 is 2.62 bits per heavy atom. The number of hydrogen-bond acceptors (Lipinski definition) is 5. The van der Waals surface area contributed by atoms with Crippen molar-refractivity contribution < 1.29 is 4.39 Å². The maximum absolute atomic E-state index is 13.8. The fourth-order valence-electron chi connectivity index (χ4n) is 3.16. The molecule has 7 heteroatoms. The predicted molar refractivity (Wildman–Crippen MR) is 112 cm³/mol. The number of nitrogens with one attached hydrogen (secondary N) is 1. The number of rotatable bonds is 6. The van der Waals surface area contributed by atoms with Crippen LogP contribution in [0.25, 0.3) is 11.2 Å². The Balaban J connectivity index is 1.79. The minimum atomic E-state index is -0.307. The lowest BCUT2D eigenvalue weighted by Gasteiger charge is -2.12. The van der Waals surface area contributed by atoms with E-state index in [1.165, 1.54) is 12.1 Å². The van der Waals surface area contributed by atoms with Crippen LogP contribution in [0.5, 0.6) is 0 Å². The largest absolute Gasteiger partial charge is 0.338 e. The van der Waals surface area contributed by atoms with E-state index in [1.54, 1.807) is 10.7 Å². The van der Waals surface area contributed by atoms with Gasteiger partial charge in [-0.1, -0.05) is 55.5 Å². The van der Waals surface area contributed by atoms with Crippen LogP contribution in [-0.2, 0) is 13.0 Å². The molecule has 29 heavy (non-hydrogen) atoms. The Kier molecular flexibility index (Phi) is 5.20. The van der Waals surface area contributed by atoms with Gasteiger partial charge in [0.2, 0.25) is 0 Å². The van der Waals surface area contributed by atoms with Gasteiger partial charge >= 0.3 is 0 Å². The van der Waals surface area contributed by atoms with E-state index in [2.05, 4.69) is 34.5 Å². The van der Waals surface area contributed by atoms with Crippen molar-refractivity contribution in [3.63, 3.8) is 0 Å². The second-order valence-electron chi connectivity index (χ2n) is 7.58. The van der Waals surface area contributed by atoms with Gasteiger partial charge in [-0.25, -0.2) is 19.0 Å². The van der Waals surface area contributed by atoms with E-state index in [9.17, 15) is 4.39 Å². The minimum Gasteiger partial charge on any atom is -0.338 e. The smallest absolute Gasteiger partial charge is 0.184 e. The van der Waals surface area contributed by atoms with E-state index < -0.39 is 0 Å². The second kappa shape index (κ2) is 7.95. The van der Waals surface area contributed by atoms with Gasteiger partial charge in [-0.3, -0.25) is 0 Å². The third-order valence-electron chi connectivity index (χ3n) is 4.63. The Morgan fingerprint density at radius 2 is 1.86 bits per heavy atom. The van der Waals surface area contributed by atoms with Crippen LogP contribution < -0.4 is 5.32 Å². The lowest BCUT2D eigenvalue weighted by molar-refractivity contribution is 0.618. The topological polar surface area (TPSA) is 68.5 Å². The summed E-state index contributed by atoms with van der Waals surface area (Å²) in [6.45, 7) is 6.73. The minimum absolute atomic E-state index is 0.307. The number of fused-ring (bicyclic) bond motifs is 1. The fourth-order valence-corrected chi connectivity index (χ4v) is 3.16. The molecule has 0 atom stereocenters. The molecule has 1 N–H and O–H groups in total. The Hall–Kier alpha value is -3.35. The molecule has 0 saturated carbocycles. The van der Waals surface area contributed by atoms with Gasteiger partial charge in [0.15, 0.2) is 17.0 Å². The van der Waals surface area contributed by atoms with Gasteiger partial charge in [0.1, 0.15) is 11.6 Å². The first-order chi connectivity index (χ1) is 14.0. The van der Waals surface area contributed by atoms with Gasteiger partial charge in [0.25, 0.3) is 0 Å². The number of benzene rings is 2. The average molecular weight is 390 g/mol. The molecule has 0 amide bonds. The van der Waals surface area contributed by atoms with E-state index in [-0.39, 0.29) is 5.82 Å². The number of hydrogen-bond donors (Lipinski definition) is 1. The van der Waals surface area contributed by atoms with Gasteiger partial charge < -0.3 is 5.32 Å². The summed E-state index contributed by atoms with van der Waals surface area (Å²) in [6.07, 6.45) is 0.725. The van der Waals surface area contributed by atoms with E-state index in [4.69, 9.17) is 4.98 Å². The number of nitrogens with zero attached hydrogens (tertiary/aromatic N) is 5. The van der Waals surface area contributed by atoms with Crippen molar-refractivity contribution in [1.29, 1.82) is 0 Å². The molecule has 6 nitrogen and oxygen atoms in total. The summed E-state index contributed by atoms with van der Waals surface area (Å²) in [5, 5.41) is 11.9. The van der Waals surface area contributed by atoms with Crippen molar-refractivity contribution in [2.45, 2.75) is 33.7 Å². The van der Waals surface area contributed by atoms with Crippen molar-refractivity contribution in [3.05, 3.63) is 71.3 Å². The lowest BCUT2D eigenvalue weighted by atomic mass is 10.1. The Labute approximate surface area is 168 Å². The molecule has 0 spiro atoms. The molecule has 4 rings (SSSR count). The summed E-state index contributed by atoms with van der Waals surface area (Å²) in [7, 11) is 0. The van der Waals surface area contributed by atoms with Gasteiger partial charge in [0, 0.05) is 12.1 Å². The summed E-state index contributed by atoms with van der Waals surface area (Å²) in [5.74, 6) is 1.34. The summed E-state index contributed by atoms with van der Waals surface area (Å²) in [6, 6.07) is 14.7. The highest BCUT2D eigenvalue weighted by Crippen LogP contribution is 2.26. The first-order valence-corrected chi connectivity index (χ1v) is 9.67. The lowest BCUT2D eigenvalue weighted by Crippen LogP contribution is -2.08. The first kappa shape index (κ1) is 19.0. The Morgan fingerprint density at radius 1 is 1.07 bits per heavy atom. The molecular formula is C22H23FN6. The standard InChI is InChI=1S/C22H23FN6/c1-14(2)11-19-25-21(24-18-12-17(23)10-9-15(18)3)20-22(26-19)29(28-27-20)13-16-7-5-4-6-8-16/h4-10,12,14H,11,13H2,1-3H3,(H,24,25,26). The summed E-state index contributed by atoms with van der Waals surface area (Å²) in [4.78, 5) is 9.39. The zero-order chi connectivity index (χ0) is 20.4. The molecule has 2 aromatic carbocycles. The van der Waals surface area contributed by atoms with Crippen LogP contribution in [0.4, 0.5) is 15.9 Å². The highest BCUT2D eigenvalue weighted by atomic mass is 19.1. The summed E-state index contributed by atoms with van der Waals surface area (Å²) >= 11 is 0. The van der Waals surface area contributed by atoms with E-state index >= 15 is 0 Å².